The normalized spacial score (nSPS) is 16.1. The quantitative estimate of drug-likeness (QED) is 0.887. The highest BCUT2D eigenvalue weighted by Gasteiger charge is 2.22. The van der Waals surface area contributed by atoms with Crippen molar-refractivity contribution in [3.8, 4) is 11.8 Å². The number of hydrogen-bond donors (Lipinski definition) is 2. The predicted molar refractivity (Wildman–Crippen MR) is 76.4 cm³/mol. The summed E-state index contributed by atoms with van der Waals surface area (Å²) in [7, 11) is 0. The van der Waals surface area contributed by atoms with E-state index in [1.165, 1.54) is 11.8 Å². The van der Waals surface area contributed by atoms with Gasteiger partial charge in [-0.3, -0.25) is 0 Å². The Morgan fingerprint density at radius 3 is 3.05 bits per heavy atom. The van der Waals surface area contributed by atoms with Gasteiger partial charge in [0.05, 0.1) is 17.8 Å². The summed E-state index contributed by atoms with van der Waals surface area (Å²) in [6, 6.07) is 11.6. The van der Waals surface area contributed by atoms with Crippen LogP contribution in [0.5, 0.6) is 5.75 Å². The molecule has 0 aliphatic carbocycles. The minimum absolute atomic E-state index is 0.0734. The molecule has 1 atom stereocenters. The number of anilines is 2. The molecule has 3 N–H and O–H groups in total. The van der Waals surface area contributed by atoms with Gasteiger partial charge in [0.25, 0.3) is 0 Å². The van der Waals surface area contributed by atoms with Crippen LogP contribution in [0.25, 0.3) is 0 Å². The van der Waals surface area contributed by atoms with Gasteiger partial charge < -0.3 is 15.8 Å². The fraction of sp³-hybridized carbons (Fsp3) is 0.200. The molecule has 1 aliphatic heterocycles. The molecule has 0 bridgehead atoms. The molecule has 0 saturated heterocycles. The first kappa shape index (κ1) is 12.3. The SMILES string of the molecule is N#Cc1cnc(NCC2Cc3ccccc3O2)c(N)c1. The van der Waals surface area contributed by atoms with Crippen LogP contribution in [0.2, 0.25) is 0 Å². The fourth-order valence-electron chi connectivity index (χ4n) is 2.27. The topological polar surface area (TPSA) is 84.0 Å². The number of nitrogens with two attached hydrogens (primary N) is 1. The number of rotatable bonds is 3. The van der Waals surface area contributed by atoms with Crippen LogP contribution in [-0.4, -0.2) is 17.6 Å². The molecule has 1 aliphatic rings. The summed E-state index contributed by atoms with van der Waals surface area (Å²) in [5.74, 6) is 1.53. The lowest BCUT2D eigenvalue weighted by atomic mass is 10.1. The molecule has 0 fully saturated rings. The molecule has 1 unspecified atom stereocenters. The Balaban J connectivity index is 1.63. The summed E-state index contributed by atoms with van der Waals surface area (Å²) < 4.78 is 5.83. The maximum Gasteiger partial charge on any atom is 0.149 e. The van der Waals surface area contributed by atoms with Crippen molar-refractivity contribution >= 4 is 11.5 Å². The minimum atomic E-state index is 0.0734. The summed E-state index contributed by atoms with van der Waals surface area (Å²) in [5, 5.41) is 11.9. The number of hydrogen-bond acceptors (Lipinski definition) is 5. The van der Waals surface area contributed by atoms with Crippen LogP contribution >= 0.6 is 0 Å². The number of nitrogens with zero attached hydrogens (tertiary/aromatic N) is 2. The second-order valence-electron chi connectivity index (χ2n) is 4.71. The summed E-state index contributed by atoms with van der Waals surface area (Å²) in [6.45, 7) is 0.623. The molecule has 100 valence electrons. The van der Waals surface area contributed by atoms with E-state index in [1.54, 1.807) is 6.07 Å². The second kappa shape index (κ2) is 5.10. The zero-order valence-electron chi connectivity index (χ0n) is 10.8. The third kappa shape index (κ3) is 2.36. The number of benzene rings is 1. The van der Waals surface area contributed by atoms with Crippen LogP contribution in [-0.2, 0) is 6.42 Å². The molecule has 0 saturated carbocycles. The van der Waals surface area contributed by atoms with E-state index in [0.717, 1.165) is 12.2 Å². The molecule has 0 spiro atoms. The lowest BCUT2D eigenvalue weighted by molar-refractivity contribution is 0.246. The third-order valence-corrected chi connectivity index (χ3v) is 3.26. The summed E-state index contributed by atoms with van der Waals surface area (Å²) in [6.07, 6.45) is 2.45. The summed E-state index contributed by atoms with van der Waals surface area (Å²) >= 11 is 0. The van der Waals surface area contributed by atoms with E-state index in [2.05, 4.69) is 16.4 Å². The highest BCUT2D eigenvalue weighted by molar-refractivity contribution is 5.63. The number of nitriles is 1. The molecule has 3 rings (SSSR count). The van der Waals surface area contributed by atoms with Crippen LogP contribution in [0.1, 0.15) is 11.1 Å². The van der Waals surface area contributed by atoms with E-state index < -0.39 is 0 Å². The van der Waals surface area contributed by atoms with Gasteiger partial charge in [-0.25, -0.2) is 4.98 Å². The summed E-state index contributed by atoms with van der Waals surface area (Å²) in [4.78, 5) is 4.14. The van der Waals surface area contributed by atoms with Gasteiger partial charge >= 0.3 is 0 Å². The largest absolute Gasteiger partial charge is 0.488 e. The first-order valence-electron chi connectivity index (χ1n) is 6.40. The van der Waals surface area contributed by atoms with Gasteiger partial charge in [0.15, 0.2) is 0 Å². The van der Waals surface area contributed by atoms with E-state index in [-0.39, 0.29) is 6.10 Å². The monoisotopic (exact) mass is 266 g/mol. The van der Waals surface area contributed by atoms with E-state index in [9.17, 15) is 0 Å². The molecule has 0 radical (unpaired) electrons. The van der Waals surface area contributed by atoms with Crippen LogP contribution in [0.3, 0.4) is 0 Å². The Kier molecular flexibility index (Phi) is 3.13. The van der Waals surface area contributed by atoms with Gasteiger partial charge in [0.2, 0.25) is 0 Å². The molecule has 20 heavy (non-hydrogen) atoms. The molecular formula is C15H14N4O. The van der Waals surface area contributed by atoms with E-state index in [4.69, 9.17) is 15.7 Å². The highest BCUT2D eigenvalue weighted by Crippen LogP contribution is 2.28. The molecule has 0 amide bonds. The minimum Gasteiger partial charge on any atom is -0.488 e. The first-order valence-corrected chi connectivity index (χ1v) is 6.40. The standard InChI is InChI=1S/C15H14N4O/c16-7-10-5-13(17)15(18-8-10)19-9-12-6-11-3-1-2-4-14(11)20-12/h1-5,8,12H,6,9,17H2,(H,18,19). The smallest absolute Gasteiger partial charge is 0.149 e. The Morgan fingerprint density at radius 2 is 2.30 bits per heavy atom. The maximum atomic E-state index is 8.77. The van der Waals surface area contributed by atoms with Gasteiger partial charge in [-0.15, -0.1) is 0 Å². The molecular weight excluding hydrogens is 252 g/mol. The number of aromatic nitrogens is 1. The zero-order chi connectivity index (χ0) is 13.9. The maximum absolute atomic E-state index is 8.77. The van der Waals surface area contributed by atoms with E-state index >= 15 is 0 Å². The first-order chi connectivity index (χ1) is 9.76. The molecule has 2 aromatic rings. The van der Waals surface area contributed by atoms with Crippen LogP contribution < -0.4 is 15.8 Å². The van der Waals surface area contributed by atoms with E-state index in [1.807, 2.05) is 24.3 Å². The lowest BCUT2D eigenvalue weighted by Gasteiger charge is -2.13. The van der Waals surface area contributed by atoms with Crippen molar-refractivity contribution in [2.24, 2.45) is 0 Å². The van der Waals surface area contributed by atoms with Crippen molar-refractivity contribution in [2.75, 3.05) is 17.6 Å². The number of ether oxygens (including phenoxy) is 1. The number of pyridine rings is 1. The second-order valence-corrected chi connectivity index (χ2v) is 4.71. The Bertz CT molecular complexity index is 653. The van der Waals surface area contributed by atoms with Crippen molar-refractivity contribution < 1.29 is 4.74 Å². The van der Waals surface area contributed by atoms with Gasteiger partial charge in [-0.2, -0.15) is 5.26 Å². The van der Waals surface area contributed by atoms with Gasteiger partial charge in [0.1, 0.15) is 23.7 Å². The fourth-order valence-corrected chi connectivity index (χ4v) is 2.27. The Morgan fingerprint density at radius 1 is 1.45 bits per heavy atom. The molecule has 5 nitrogen and oxygen atoms in total. The molecule has 5 heteroatoms. The molecule has 1 aromatic heterocycles. The van der Waals surface area contributed by atoms with Crippen LogP contribution in [0, 0.1) is 11.3 Å². The summed E-state index contributed by atoms with van der Waals surface area (Å²) in [5.41, 5.74) is 8.00. The van der Waals surface area contributed by atoms with Crippen molar-refractivity contribution in [3.63, 3.8) is 0 Å². The molecule has 1 aromatic carbocycles. The van der Waals surface area contributed by atoms with E-state index in [0.29, 0.717) is 23.6 Å². The van der Waals surface area contributed by atoms with Gasteiger partial charge in [-0.05, 0) is 17.7 Å². The highest BCUT2D eigenvalue weighted by atomic mass is 16.5. The number of para-hydroxylation sites is 1. The van der Waals surface area contributed by atoms with Gasteiger partial charge in [-0.1, -0.05) is 18.2 Å². The number of fused-ring (bicyclic) bond motifs is 1. The average Bonchev–Trinajstić information content (AvgIpc) is 2.88. The zero-order valence-corrected chi connectivity index (χ0v) is 10.8. The number of nitrogens with one attached hydrogen (secondary N) is 1. The van der Waals surface area contributed by atoms with Crippen LogP contribution in [0.15, 0.2) is 36.5 Å². The lowest BCUT2D eigenvalue weighted by Crippen LogP contribution is -2.24. The number of nitrogen functional groups attached to an aromatic ring is 1. The van der Waals surface area contributed by atoms with Crippen molar-refractivity contribution in [3.05, 3.63) is 47.7 Å². The predicted octanol–water partition coefficient (Wildman–Crippen LogP) is 1.95. The van der Waals surface area contributed by atoms with Crippen LogP contribution in [0.4, 0.5) is 11.5 Å². The van der Waals surface area contributed by atoms with Crippen molar-refractivity contribution in [1.29, 1.82) is 5.26 Å². The average molecular weight is 266 g/mol. The van der Waals surface area contributed by atoms with Gasteiger partial charge in [0, 0.05) is 12.6 Å². The Labute approximate surface area is 117 Å². The third-order valence-electron chi connectivity index (χ3n) is 3.26. The molecule has 2 heterocycles. The van der Waals surface area contributed by atoms with Crippen molar-refractivity contribution in [1.82, 2.24) is 4.98 Å². The van der Waals surface area contributed by atoms with Crippen molar-refractivity contribution in [2.45, 2.75) is 12.5 Å². The Hall–Kier alpha value is -2.74.